The van der Waals surface area contributed by atoms with Crippen molar-refractivity contribution in [2.75, 3.05) is 13.2 Å². The summed E-state index contributed by atoms with van der Waals surface area (Å²) in [5.74, 6) is 0.627. The van der Waals surface area contributed by atoms with Gasteiger partial charge in [0.1, 0.15) is 5.75 Å². The number of hydrogen-bond donors (Lipinski definition) is 2. The Morgan fingerprint density at radius 2 is 1.87 bits per heavy atom. The van der Waals surface area contributed by atoms with E-state index in [0.29, 0.717) is 24.5 Å². The van der Waals surface area contributed by atoms with Gasteiger partial charge in [-0.15, -0.1) is 0 Å². The largest absolute Gasteiger partial charge is 0.494 e. The summed E-state index contributed by atoms with van der Waals surface area (Å²) in [7, 11) is -3.89. The van der Waals surface area contributed by atoms with Crippen molar-refractivity contribution >= 4 is 16.1 Å². The molecular weight excluding hydrogens is 316 g/mol. The van der Waals surface area contributed by atoms with Gasteiger partial charge in [0.05, 0.1) is 11.5 Å². The van der Waals surface area contributed by atoms with E-state index in [1.807, 2.05) is 11.6 Å². The van der Waals surface area contributed by atoms with Crippen molar-refractivity contribution in [3.8, 4) is 5.75 Å². The van der Waals surface area contributed by atoms with Crippen LogP contribution in [-0.2, 0) is 10.0 Å². The topological polar surface area (TPSA) is 84.5 Å². The molecule has 0 fully saturated rings. The van der Waals surface area contributed by atoms with E-state index in [4.69, 9.17) is 4.74 Å². The molecule has 0 aliphatic carbocycles. The van der Waals surface area contributed by atoms with Crippen LogP contribution in [0.2, 0.25) is 0 Å². The Balaban J connectivity index is 2.74. The molecule has 0 atom stereocenters. The predicted octanol–water partition coefficient (Wildman–Crippen LogP) is 2.96. The van der Waals surface area contributed by atoms with Gasteiger partial charge in [0.15, 0.2) is 0 Å². The maximum Gasteiger partial charge on any atom is 0.328 e. The van der Waals surface area contributed by atoms with Crippen LogP contribution >= 0.6 is 0 Å². The van der Waals surface area contributed by atoms with Gasteiger partial charge >= 0.3 is 6.03 Å². The summed E-state index contributed by atoms with van der Waals surface area (Å²) in [6.45, 7) is 6.78. The molecule has 7 heteroatoms. The smallest absolute Gasteiger partial charge is 0.328 e. The quantitative estimate of drug-likeness (QED) is 0.676. The van der Waals surface area contributed by atoms with Crippen LogP contribution in [0.1, 0.15) is 45.1 Å². The van der Waals surface area contributed by atoms with Gasteiger partial charge in [0, 0.05) is 6.54 Å². The van der Waals surface area contributed by atoms with Crippen LogP contribution in [0.3, 0.4) is 0 Å². The number of nitrogens with one attached hydrogen (secondary N) is 2. The number of carbonyl (C=O) groups excluding carboxylic acids is 1. The Hall–Kier alpha value is -1.76. The number of aryl methyl sites for hydroxylation is 1. The lowest BCUT2D eigenvalue weighted by atomic mass is 10.2. The second-order valence-corrected chi connectivity index (χ2v) is 7.00. The normalized spacial score (nSPS) is 11.1. The minimum absolute atomic E-state index is 0.0750. The van der Waals surface area contributed by atoms with Crippen LogP contribution < -0.4 is 14.8 Å². The Kier molecular flexibility index (Phi) is 7.88. The summed E-state index contributed by atoms with van der Waals surface area (Å²) < 4.78 is 32.1. The average molecular weight is 342 g/mol. The zero-order valence-electron chi connectivity index (χ0n) is 14.0. The van der Waals surface area contributed by atoms with Crippen LogP contribution in [0.4, 0.5) is 4.79 Å². The van der Waals surface area contributed by atoms with Crippen molar-refractivity contribution in [2.24, 2.45) is 0 Å². The first-order chi connectivity index (χ1) is 10.9. The molecule has 0 saturated heterocycles. The second kappa shape index (κ2) is 9.39. The van der Waals surface area contributed by atoms with E-state index in [9.17, 15) is 13.2 Å². The Bertz CT molecular complexity index is 615. The maximum atomic E-state index is 12.3. The van der Waals surface area contributed by atoms with Crippen molar-refractivity contribution in [1.29, 1.82) is 0 Å². The van der Waals surface area contributed by atoms with E-state index in [0.717, 1.165) is 25.7 Å². The number of urea groups is 1. The zero-order chi connectivity index (χ0) is 17.3. The fourth-order valence-electron chi connectivity index (χ4n) is 1.94. The molecule has 0 unspecified atom stereocenters. The van der Waals surface area contributed by atoms with Gasteiger partial charge in [-0.3, -0.25) is 0 Å². The highest BCUT2D eigenvalue weighted by Gasteiger charge is 2.19. The molecule has 1 aromatic carbocycles. The molecule has 23 heavy (non-hydrogen) atoms. The molecule has 0 aliphatic rings. The van der Waals surface area contributed by atoms with E-state index in [2.05, 4.69) is 12.2 Å². The SMILES string of the molecule is CCCCNC(=O)NS(=O)(=O)c1ccc(OCCCC)cc1C. The van der Waals surface area contributed by atoms with Gasteiger partial charge in [0.25, 0.3) is 10.0 Å². The van der Waals surface area contributed by atoms with E-state index in [1.165, 1.54) is 6.07 Å². The highest BCUT2D eigenvalue weighted by atomic mass is 32.2. The van der Waals surface area contributed by atoms with Gasteiger partial charge in [-0.1, -0.05) is 26.7 Å². The molecule has 0 aromatic heterocycles. The summed E-state index contributed by atoms with van der Waals surface area (Å²) in [5, 5.41) is 2.52. The Morgan fingerprint density at radius 3 is 2.48 bits per heavy atom. The number of carbonyl (C=O) groups is 1. The molecule has 0 aliphatic heterocycles. The van der Waals surface area contributed by atoms with Crippen LogP contribution in [0.25, 0.3) is 0 Å². The standard InChI is InChI=1S/C16H26N2O4S/c1-4-6-10-17-16(19)18-23(20,21)15-9-8-14(12-13(15)3)22-11-7-5-2/h8-9,12H,4-7,10-11H2,1-3H3,(H2,17,18,19). The second-order valence-electron chi connectivity index (χ2n) is 5.34. The predicted molar refractivity (Wildman–Crippen MR) is 90.2 cm³/mol. The summed E-state index contributed by atoms with van der Waals surface area (Å²) in [6.07, 6.45) is 3.70. The van der Waals surface area contributed by atoms with Crippen molar-refractivity contribution in [2.45, 2.75) is 51.3 Å². The minimum atomic E-state index is -3.89. The number of hydrogen-bond acceptors (Lipinski definition) is 4. The summed E-state index contributed by atoms with van der Waals surface area (Å²) in [5.41, 5.74) is 0.535. The number of benzene rings is 1. The average Bonchev–Trinajstić information content (AvgIpc) is 2.47. The lowest BCUT2D eigenvalue weighted by Crippen LogP contribution is -2.39. The molecule has 130 valence electrons. The fraction of sp³-hybridized carbons (Fsp3) is 0.562. The van der Waals surface area contributed by atoms with Gasteiger partial charge in [-0.25, -0.2) is 17.9 Å². The molecule has 1 aromatic rings. The van der Waals surface area contributed by atoms with Crippen molar-refractivity contribution in [1.82, 2.24) is 10.0 Å². The van der Waals surface area contributed by atoms with Crippen LogP contribution in [0.5, 0.6) is 5.75 Å². The molecule has 6 nitrogen and oxygen atoms in total. The summed E-state index contributed by atoms with van der Waals surface area (Å²) in [4.78, 5) is 11.7. The van der Waals surface area contributed by atoms with E-state index < -0.39 is 16.1 Å². The fourth-order valence-corrected chi connectivity index (χ4v) is 3.10. The van der Waals surface area contributed by atoms with E-state index in [1.54, 1.807) is 19.1 Å². The third-order valence-corrected chi connectivity index (χ3v) is 4.74. The molecular formula is C16H26N2O4S. The lowest BCUT2D eigenvalue weighted by Gasteiger charge is -2.12. The molecule has 2 amide bonds. The van der Waals surface area contributed by atoms with Gasteiger partial charge in [-0.05, 0) is 43.5 Å². The summed E-state index contributed by atoms with van der Waals surface area (Å²) >= 11 is 0. The number of sulfonamides is 1. The van der Waals surface area contributed by atoms with Crippen molar-refractivity contribution in [3.63, 3.8) is 0 Å². The first-order valence-electron chi connectivity index (χ1n) is 7.94. The van der Waals surface area contributed by atoms with Crippen molar-refractivity contribution in [3.05, 3.63) is 23.8 Å². The lowest BCUT2D eigenvalue weighted by molar-refractivity contribution is 0.245. The molecule has 2 N–H and O–H groups in total. The van der Waals surface area contributed by atoms with E-state index in [-0.39, 0.29) is 4.90 Å². The maximum absolute atomic E-state index is 12.3. The van der Waals surface area contributed by atoms with Gasteiger partial charge in [-0.2, -0.15) is 0 Å². The number of rotatable bonds is 9. The Labute approximate surface area is 138 Å². The number of ether oxygens (including phenoxy) is 1. The van der Waals surface area contributed by atoms with E-state index >= 15 is 0 Å². The van der Waals surface area contributed by atoms with Crippen molar-refractivity contribution < 1.29 is 17.9 Å². The van der Waals surface area contributed by atoms with Gasteiger partial charge < -0.3 is 10.1 Å². The number of unbranched alkanes of at least 4 members (excludes halogenated alkanes) is 2. The van der Waals surface area contributed by atoms with Crippen LogP contribution in [0, 0.1) is 6.92 Å². The van der Waals surface area contributed by atoms with Crippen LogP contribution in [0.15, 0.2) is 23.1 Å². The molecule has 0 spiro atoms. The highest BCUT2D eigenvalue weighted by molar-refractivity contribution is 7.90. The molecule has 0 saturated carbocycles. The molecule has 1 rings (SSSR count). The molecule has 0 radical (unpaired) electrons. The molecule has 0 bridgehead atoms. The molecule has 0 heterocycles. The number of amides is 2. The zero-order valence-corrected chi connectivity index (χ0v) is 14.8. The highest BCUT2D eigenvalue weighted by Crippen LogP contribution is 2.21. The van der Waals surface area contributed by atoms with Crippen LogP contribution in [-0.4, -0.2) is 27.6 Å². The minimum Gasteiger partial charge on any atom is -0.494 e. The third kappa shape index (κ3) is 6.48. The first kappa shape index (κ1) is 19.3. The Morgan fingerprint density at radius 1 is 1.17 bits per heavy atom. The first-order valence-corrected chi connectivity index (χ1v) is 9.43. The van der Waals surface area contributed by atoms with Gasteiger partial charge in [0.2, 0.25) is 0 Å². The summed E-state index contributed by atoms with van der Waals surface area (Å²) in [6, 6.07) is 4.02. The monoisotopic (exact) mass is 342 g/mol. The third-order valence-electron chi connectivity index (χ3n) is 3.25.